The summed E-state index contributed by atoms with van der Waals surface area (Å²) in [5.41, 5.74) is -2.16. The molecule has 0 bridgehead atoms. The summed E-state index contributed by atoms with van der Waals surface area (Å²) >= 11 is 0. The average molecular weight is 357 g/mol. The number of aliphatic hydroxyl groups is 1. The molecule has 0 saturated carbocycles. The van der Waals surface area contributed by atoms with Crippen molar-refractivity contribution in [2.75, 3.05) is 26.4 Å². The van der Waals surface area contributed by atoms with Crippen LogP contribution in [0.1, 0.15) is 13.3 Å². The van der Waals surface area contributed by atoms with E-state index in [0.29, 0.717) is 19.8 Å². The summed E-state index contributed by atoms with van der Waals surface area (Å²) in [5.74, 6) is 0. The molecule has 1 N–H and O–H groups in total. The van der Waals surface area contributed by atoms with Gasteiger partial charge >= 0.3 is 17.1 Å². The predicted molar refractivity (Wildman–Crippen MR) is 85.8 cm³/mol. The van der Waals surface area contributed by atoms with E-state index < -0.39 is 23.2 Å². The van der Waals surface area contributed by atoms with E-state index in [1.165, 1.54) is 0 Å². The van der Waals surface area contributed by atoms with Crippen molar-refractivity contribution in [3.63, 3.8) is 0 Å². The number of aliphatic hydroxyl groups excluding tert-OH is 1. The Balaban J connectivity index is 1.90. The van der Waals surface area contributed by atoms with Gasteiger partial charge in [0.05, 0.1) is 57.8 Å². The van der Waals surface area contributed by atoms with E-state index in [2.05, 4.69) is 0 Å². The van der Waals surface area contributed by atoms with Gasteiger partial charge in [-0.3, -0.25) is 0 Å². The van der Waals surface area contributed by atoms with Gasteiger partial charge in [-0.05, 0) is 6.42 Å². The molecule has 3 unspecified atom stereocenters. The fraction of sp³-hybridized carbons (Fsp3) is 0.800. The molecular weight excluding hydrogens is 334 g/mol. The summed E-state index contributed by atoms with van der Waals surface area (Å²) in [6.07, 6.45) is -0.613. The highest BCUT2D eigenvalue weighted by molar-refractivity contribution is 4.85. The first-order valence-electron chi connectivity index (χ1n) is 8.44. The largest absolute Gasteiger partial charge is 0.389 e. The molecule has 0 radical (unpaired) electrons. The lowest BCUT2D eigenvalue weighted by Gasteiger charge is -2.16. The number of aromatic nitrogens is 3. The third-order valence-electron chi connectivity index (χ3n) is 4.01. The van der Waals surface area contributed by atoms with Crippen molar-refractivity contribution in [1.29, 1.82) is 0 Å². The van der Waals surface area contributed by atoms with Crippen molar-refractivity contribution in [1.82, 2.24) is 13.7 Å². The number of ether oxygens (including phenoxy) is 3. The topological polar surface area (TPSA) is 121 Å². The van der Waals surface area contributed by atoms with Gasteiger partial charge in [0.15, 0.2) is 0 Å². The van der Waals surface area contributed by atoms with Crippen molar-refractivity contribution in [2.45, 2.75) is 51.3 Å². The van der Waals surface area contributed by atoms with Crippen molar-refractivity contribution in [3.8, 4) is 0 Å². The molecule has 10 heteroatoms. The highest BCUT2D eigenvalue weighted by Crippen LogP contribution is 2.10. The summed E-state index contributed by atoms with van der Waals surface area (Å²) in [6, 6.07) is 0. The van der Waals surface area contributed by atoms with E-state index in [-0.39, 0.29) is 38.4 Å². The van der Waals surface area contributed by atoms with Crippen LogP contribution in [0.3, 0.4) is 0 Å². The molecule has 1 aromatic heterocycles. The Bertz CT molecular complexity index is 721. The Morgan fingerprint density at radius 1 is 1.04 bits per heavy atom. The zero-order valence-corrected chi connectivity index (χ0v) is 14.1. The zero-order chi connectivity index (χ0) is 18.0. The highest BCUT2D eigenvalue weighted by atomic mass is 16.6. The van der Waals surface area contributed by atoms with Crippen LogP contribution in [0.2, 0.25) is 0 Å². The van der Waals surface area contributed by atoms with Crippen molar-refractivity contribution in [2.24, 2.45) is 0 Å². The molecule has 2 aliphatic rings. The maximum atomic E-state index is 12.6. The van der Waals surface area contributed by atoms with Gasteiger partial charge in [-0.25, -0.2) is 28.1 Å². The van der Waals surface area contributed by atoms with Crippen LogP contribution in [0, 0.1) is 0 Å². The smallest absolute Gasteiger partial charge is 0.336 e. The number of hydrogen-bond acceptors (Lipinski definition) is 7. The van der Waals surface area contributed by atoms with Crippen LogP contribution < -0.4 is 17.1 Å². The fourth-order valence-electron chi connectivity index (χ4n) is 2.53. The molecule has 3 atom stereocenters. The zero-order valence-electron chi connectivity index (χ0n) is 14.1. The second-order valence-corrected chi connectivity index (χ2v) is 6.32. The lowest BCUT2D eigenvalue weighted by Crippen LogP contribution is -2.56. The molecule has 140 valence electrons. The molecule has 25 heavy (non-hydrogen) atoms. The standard InChI is InChI=1S/C15H23N3O7/c1-2-3-23-7-10(19)4-16-13(20)17(5-11-8-24-11)15(22)18(14(16)21)6-12-9-25-12/h10-12,19H,2-9H2,1H3. The minimum absolute atomic E-state index is 0.0102. The number of rotatable bonds is 10. The molecule has 2 saturated heterocycles. The lowest BCUT2D eigenvalue weighted by atomic mass is 10.3. The molecule has 2 aliphatic heterocycles. The van der Waals surface area contributed by atoms with E-state index in [1.807, 2.05) is 6.92 Å². The summed E-state index contributed by atoms with van der Waals surface area (Å²) in [5, 5.41) is 10.0. The first-order valence-corrected chi connectivity index (χ1v) is 8.44. The summed E-state index contributed by atoms with van der Waals surface area (Å²) in [6.45, 7) is 3.32. The van der Waals surface area contributed by atoms with Crippen LogP contribution >= 0.6 is 0 Å². The maximum absolute atomic E-state index is 12.6. The number of hydrogen-bond donors (Lipinski definition) is 1. The van der Waals surface area contributed by atoms with Crippen LogP contribution in [-0.4, -0.2) is 63.5 Å². The predicted octanol–water partition coefficient (Wildman–Crippen LogP) is -2.24. The van der Waals surface area contributed by atoms with Crippen LogP contribution in [0.4, 0.5) is 0 Å². The third kappa shape index (κ3) is 4.46. The average Bonchev–Trinajstić information content (AvgIpc) is 3.48. The third-order valence-corrected chi connectivity index (χ3v) is 4.01. The Labute approximate surface area is 143 Å². The van der Waals surface area contributed by atoms with Gasteiger partial charge in [0.2, 0.25) is 0 Å². The van der Waals surface area contributed by atoms with Gasteiger partial charge in [0.25, 0.3) is 0 Å². The first kappa shape index (κ1) is 18.1. The molecule has 3 rings (SSSR count). The Kier molecular flexibility index (Phi) is 5.52. The van der Waals surface area contributed by atoms with E-state index in [0.717, 1.165) is 20.1 Å². The second kappa shape index (κ2) is 7.65. The summed E-state index contributed by atoms with van der Waals surface area (Å²) < 4.78 is 18.3. The van der Waals surface area contributed by atoms with E-state index in [1.54, 1.807) is 0 Å². The van der Waals surface area contributed by atoms with Crippen LogP contribution in [0.15, 0.2) is 14.4 Å². The van der Waals surface area contributed by atoms with Gasteiger partial charge in [-0.1, -0.05) is 6.92 Å². The molecule has 0 aromatic carbocycles. The van der Waals surface area contributed by atoms with Crippen molar-refractivity contribution in [3.05, 3.63) is 31.5 Å². The Morgan fingerprint density at radius 2 is 1.52 bits per heavy atom. The minimum atomic E-state index is -1.02. The normalized spacial score (nSPS) is 22.8. The number of nitrogens with zero attached hydrogens (tertiary/aromatic N) is 3. The minimum Gasteiger partial charge on any atom is -0.389 e. The van der Waals surface area contributed by atoms with Crippen molar-refractivity contribution < 1.29 is 19.3 Å². The maximum Gasteiger partial charge on any atom is 0.336 e. The van der Waals surface area contributed by atoms with Crippen LogP contribution in [0.5, 0.6) is 0 Å². The molecule has 10 nitrogen and oxygen atoms in total. The van der Waals surface area contributed by atoms with Crippen LogP contribution in [-0.2, 0) is 33.8 Å². The van der Waals surface area contributed by atoms with Gasteiger partial charge in [0.1, 0.15) is 0 Å². The van der Waals surface area contributed by atoms with E-state index in [9.17, 15) is 19.5 Å². The molecule has 0 amide bonds. The fourth-order valence-corrected chi connectivity index (χ4v) is 2.53. The number of epoxide rings is 2. The molecule has 1 aromatic rings. The van der Waals surface area contributed by atoms with Crippen LogP contribution in [0.25, 0.3) is 0 Å². The summed E-state index contributed by atoms with van der Waals surface area (Å²) in [4.78, 5) is 37.6. The monoisotopic (exact) mass is 357 g/mol. The molecule has 0 spiro atoms. The molecular formula is C15H23N3O7. The molecule has 3 heterocycles. The van der Waals surface area contributed by atoms with Gasteiger partial charge < -0.3 is 19.3 Å². The van der Waals surface area contributed by atoms with Gasteiger partial charge in [-0.2, -0.15) is 0 Å². The van der Waals surface area contributed by atoms with E-state index >= 15 is 0 Å². The molecule has 0 aliphatic carbocycles. The SMILES string of the molecule is CCCOCC(O)Cn1c(=O)n(CC2CO2)c(=O)n(CC2CO2)c1=O. The quantitative estimate of drug-likeness (QED) is 0.371. The first-order chi connectivity index (χ1) is 12.0. The lowest BCUT2D eigenvalue weighted by molar-refractivity contribution is 0.0264. The summed E-state index contributed by atoms with van der Waals surface area (Å²) in [7, 11) is 0. The molecule has 2 fully saturated rings. The Morgan fingerprint density at radius 3 is 1.96 bits per heavy atom. The van der Waals surface area contributed by atoms with Gasteiger partial charge in [0, 0.05) is 6.61 Å². The second-order valence-electron chi connectivity index (χ2n) is 6.32. The highest BCUT2D eigenvalue weighted by Gasteiger charge is 2.29. The Hall–Kier alpha value is -1.75. The van der Waals surface area contributed by atoms with E-state index in [4.69, 9.17) is 14.2 Å². The van der Waals surface area contributed by atoms with Gasteiger partial charge in [-0.15, -0.1) is 0 Å². The van der Waals surface area contributed by atoms with Crippen molar-refractivity contribution >= 4 is 0 Å².